The van der Waals surface area contributed by atoms with Gasteiger partial charge >= 0.3 is 6.18 Å². The molecule has 2 bridgehead atoms. The van der Waals surface area contributed by atoms with Crippen LogP contribution in [-0.4, -0.2) is 25.7 Å². The molecule has 0 unspecified atom stereocenters. The first kappa shape index (κ1) is 21.3. The smallest absolute Gasteiger partial charge is 0.372 e. The Morgan fingerprint density at radius 3 is 2.64 bits per heavy atom. The monoisotopic (exact) mass is 456 g/mol. The number of imidazole rings is 1. The Kier molecular flexibility index (Phi) is 4.49. The molecule has 1 fully saturated rings. The molecule has 1 aromatic carbocycles. The van der Waals surface area contributed by atoms with Gasteiger partial charge in [0, 0.05) is 23.2 Å². The summed E-state index contributed by atoms with van der Waals surface area (Å²) >= 11 is 0. The number of amides is 1. The van der Waals surface area contributed by atoms with Crippen LogP contribution in [0.5, 0.6) is 0 Å². The van der Waals surface area contributed by atoms with Gasteiger partial charge in [0.1, 0.15) is 17.3 Å². The molecule has 3 N–H and O–H groups in total. The van der Waals surface area contributed by atoms with Gasteiger partial charge in [0.15, 0.2) is 17.0 Å². The molecule has 3 aromatic rings. The number of carbonyl (C=O) groups is 1. The third-order valence-corrected chi connectivity index (χ3v) is 6.20. The predicted octanol–water partition coefficient (Wildman–Crippen LogP) is 3.66. The predicted molar refractivity (Wildman–Crippen MR) is 110 cm³/mol. The maximum absolute atomic E-state index is 13.9. The second-order valence-corrected chi connectivity index (χ2v) is 8.63. The van der Waals surface area contributed by atoms with Crippen molar-refractivity contribution in [2.75, 3.05) is 0 Å². The summed E-state index contributed by atoms with van der Waals surface area (Å²) in [6.07, 6.45) is -3.75. The van der Waals surface area contributed by atoms with Crippen LogP contribution < -0.4 is 5.73 Å². The van der Waals surface area contributed by atoms with Crippen molar-refractivity contribution in [1.29, 1.82) is 0 Å². The number of aliphatic hydroxyl groups is 1. The van der Waals surface area contributed by atoms with E-state index < -0.39 is 35.1 Å². The number of alkyl halides is 3. The van der Waals surface area contributed by atoms with Crippen LogP contribution >= 0.6 is 0 Å². The minimum atomic E-state index is -4.78. The van der Waals surface area contributed by atoms with E-state index >= 15 is 0 Å². The lowest BCUT2D eigenvalue weighted by molar-refractivity contribution is -0.145. The molecular formula is C23H19F3N4O3. The molecule has 1 atom stereocenters. The van der Waals surface area contributed by atoms with E-state index in [1.807, 2.05) is 6.07 Å². The average Bonchev–Trinajstić information content (AvgIpc) is 3.25. The van der Waals surface area contributed by atoms with Gasteiger partial charge in [-0.05, 0) is 50.3 Å². The van der Waals surface area contributed by atoms with E-state index in [1.165, 1.54) is 6.92 Å². The van der Waals surface area contributed by atoms with E-state index in [9.17, 15) is 23.1 Å². The summed E-state index contributed by atoms with van der Waals surface area (Å²) in [5.41, 5.74) is 3.81. The largest absolute Gasteiger partial charge is 0.433 e. The molecule has 6 rings (SSSR count). The van der Waals surface area contributed by atoms with Crippen molar-refractivity contribution in [3.05, 3.63) is 58.2 Å². The normalized spacial score (nSPS) is 20.4. The van der Waals surface area contributed by atoms with Gasteiger partial charge in [0.2, 0.25) is 0 Å². The second-order valence-electron chi connectivity index (χ2n) is 8.63. The summed E-state index contributed by atoms with van der Waals surface area (Å²) in [6, 6.07) is 6.36. The molecule has 170 valence electrons. The second kappa shape index (κ2) is 6.96. The first-order valence-corrected chi connectivity index (χ1v) is 10.3. The Balaban J connectivity index is 1.64. The van der Waals surface area contributed by atoms with Crippen molar-refractivity contribution in [1.82, 2.24) is 14.7 Å². The van der Waals surface area contributed by atoms with Gasteiger partial charge in [-0.3, -0.25) is 4.79 Å². The van der Waals surface area contributed by atoms with Crippen LogP contribution in [0.3, 0.4) is 0 Å². The molecule has 1 amide bonds. The van der Waals surface area contributed by atoms with Crippen LogP contribution in [0.4, 0.5) is 13.2 Å². The lowest BCUT2D eigenvalue weighted by Crippen LogP contribution is -2.28. The van der Waals surface area contributed by atoms with E-state index in [4.69, 9.17) is 10.3 Å². The fourth-order valence-electron chi connectivity index (χ4n) is 4.51. The minimum Gasteiger partial charge on any atom is -0.372 e. The number of nitrogens with two attached hydrogens (primary N) is 1. The third-order valence-electron chi connectivity index (χ3n) is 6.20. The van der Waals surface area contributed by atoms with Crippen molar-refractivity contribution in [2.45, 2.75) is 50.4 Å². The van der Waals surface area contributed by atoms with Crippen molar-refractivity contribution < 1.29 is 27.6 Å². The number of halogens is 3. The van der Waals surface area contributed by atoms with Crippen LogP contribution in [0.1, 0.15) is 70.5 Å². The molecule has 2 aliphatic heterocycles. The van der Waals surface area contributed by atoms with Gasteiger partial charge in [0.05, 0.1) is 0 Å². The molecule has 3 aliphatic rings. The lowest BCUT2D eigenvalue weighted by Gasteiger charge is -2.35. The molecule has 1 aliphatic carbocycles. The summed E-state index contributed by atoms with van der Waals surface area (Å²) in [7, 11) is 0. The first-order chi connectivity index (χ1) is 15.5. The Hall–Kier alpha value is -3.58. The molecule has 4 heterocycles. The molecule has 0 radical (unpaired) electrons. The fourth-order valence-corrected chi connectivity index (χ4v) is 4.51. The minimum absolute atomic E-state index is 0.0543. The summed E-state index contributed by atoms with van der Waals surface area (Å²) in [5.74, 6) is 5.04. The number of primary amides is 1. The van der Waals surface area contributed by atoms with E-state index in [0.717, 1.165) is 10.1 Å². The highest BCUT2D eigenvalue weighted by molar-refractivity contribution is 5.93. The van der Waals surface area contributed by atoms with Gasteiger partial charge in [0.25, 0.3) is 5.91 Å². The maximum atomic E-state index is 13.9. The number of hydrogen-bond donors (Lipinski definition) is 2. The Labute approximate surface area is 186 Å². The lowest BCUT2D eigenvalue weighted by atomic mass is 9.75. The van der Waals surface area contributed by atoms with Gasteiger partial charge in [-0.25, -0.2) is 4.98 Å². The summed E-state index contributed by atoms with van der Waals surface area (Å²) in [5, 5.41) is 14.4. The number of carbonyl (C=O) groups excluding carboxylic acids is 1. The van der Waals surface area contributed by atoms with Crippen molar-refractivity contribution >= 4 is 5.91 Å². The summed E-state index contributed by atoms with van der Waals surface area (Å²) < 4.78 is 47.8. The molecule has 0 spiro atoms. The topological polar surface area (TPSA) is 107 Å². The molecule has 7 nitrogen and oxygen atoms in total. The number of rotatable bonds is 2. The van der Waals surface area contributed by atoms with E-state index in [0.29, 0.717) is 29.7 Å². The molecule has 1 saturated carbocycles. The maximum Gasteiger partial charge on any atom is 0.433 e. The zero-order chi connectivity index (χ0) is 23.7. The van der Waals surface area contributed by atoms with Gasteiger partial charge in [-0.15, -0.1) is 0 Å². The number of aromatic nitrogens is 3. The SMILES string of the molecule is Cc1cc([C@](C)(O)C#Cc2ccc3c(c2)-c2nc(C(N)=O)c(C(F)(F)F)n2C2CC3C2)no1. The molecule has 2 aromatic heterocycles. The van der Waals surface area contributed by atoms with Crippen LogP contribution in [-0.2, 0) is 11.8 Å². The number of nitrogens with zero attached hydrogens (tertiary/aromatic N) is 3. The van der Waals surface area contributed by atoms with Crippen LogP contribution in [0.2, 0.25) is 0 Å². The van der Waals surface area contributed by atoms with Crippen molar-refractivity contribution in [3.63, 3.8) is 0 Å². The Morgan fingerprint density at radius 1 is 1.30 bits per heavy atom. The van der Waals surface area contributed by atoms with E-state index in [-0.39, 0.29) is 17.4 Å². The van der Waals surface area contributed by atoms with Gasteiger partial charge in [-0.1, -0.05) is 23.1 Å². The number of benzene rings is 1. The Morgan fingerprint density at radius 2 is 2.03 bits per heavy atom. The van der Waals surface area contributed by atoms with Gasteiger partial charge in [-0.2, -0.15) is 13.2 Å². The van der Waals surface area contributed by atoms with Crippen LogP contribution in [0, 0.1) is 18.8 Å². The average molecular weight is 456 g/mol. The fraction of sp³-hybridized carbons (Fsp3) is 0.348. The molecule has 0 saturated heterocycles. The zero-order valence-corrected chi connectivity index (χ0v) is 17.7. The van der Waals surface area contributed by atoms with E-state index in [1.54, 1.807) is 25.1 Å². The van der Waals surface area contributed by atoms with Crippen molar-refractivity contribution in [3.8, 4) is 23.2 Å². The number of hydrogen-bond acceptors (Lipinski definition) is 5. The molecular weight excluding hydrogens is 437 g/mol. The summed E-state index contributed by atoms with van der Waals surface area (Å²) in [4.78, 5) is 15.8. The molecule has 33 heavy (non-hydrogen) atoms. The third kappa shape index (κ3) is 3.40. The van der Waals surface area contributed by atoms with Crippen LogP contribution in [0.15, 0.2) is 28.8 Å². The standard InChI is InChI=1S/C23H19F3N4O3/c1-11-7-17(29-33-11)22(2,32)6-5-12-3-4-15-13-9-14(10-13)30-19(23(24,25)26)18(20(27)31)28-21(30)16(15)8-12/h3-4,7-8,13-14,32H,9-10H2,1-2H3,(H2,27,31)/t13?,14?,22-/m1/s1. The first-order valence-electron chi connectivity index (χ1n) is 10.3. The number of aryl methyl sites for hydroxylation is 1. The highest BCUT2D eigenvalue weighted by atomic mass is 19.4. The Bertz CT molecular complexity index is 1350. The highest BCUT2D eigenvalue weighted by Gasteiger charge is 2.48. The quantitative estimate of drug-likeness (QED) is 0.573. The zero-order valence-electron chi connectivity index (χ0n) is 17.7. The summed E-state index contributed by atoms with van der Waals surface area (Å²) in [6.45, 7) is 3.16. The van der Waals surface area contributed by atoms with Crippen molar-refractivity contribution in [2.24, 2.45) is 5.73 Å². The highest BCUT2D eigenvalue weighted by Crippen LogP contribution is 2.54. The van der Waals surface area contributed by atoms with Crippen LogP contribution in [0.25, 0.3) is 11.4 Å². The molecule has 10 heteroatoms. The van der Waals surface area contributed by atoms with Gasteiger partial charge < -0.3 is 19.9 Å². The van der Waals surface area contributed by atoms with E-state index in [2.05, 4.69) is 22.0 Å².